The van der Waals surface area contributed by atoms with Crippen molar-refractivity contribution in [3.05, 3.63) is 23.8 Å². The third-order valence-corrected chi connectivity index (χ3v) is 3.38. The van der Waals surface area contributed by atoms with Crippen LogP contribution in [0.1, 0.15) is 24.8 Å². The topological polar surface area (TPSA) is 59.0 Å². The molecule has 118 valence electrons. The molecule has 0 bridgehead atoms. The van der Waals surface area contributed by atoms with E-state index in [0.717, 1.165) is 24.8 Å². The van der Waals surface area contributed by atoms with Gasteiger partial charge in [-0.3, -0.25) is 4.79 Å². The average molecular weight is 295 g/mol. The van der Waals surface area contributed by atoms with Gasteiger partial charge in [0.25, 0.3) is 0 Å². The van der Waals surface area contributed by atoms with Crippen LogP contribution in [0.25, 0.3) is 0 Å². The fourth-order valence-electron chi connectivity index (χ4n) is 2.06. The number of hydrogen-bond donors (Lipinski definition) is 1. The maximum atomic E-state index is 12.1. The lowest BCUT2D eigenvalue weighted by atomic mass is 10.1. The van der Waals surface area contributed by atoms with E-state index in [2.05, 4.69) is 0 Å². The van der Waals surface area contributed by atoms with Gasteiger partial charge in [-0.2, -0.15) is 0 Å². The summed E-state index contributed by atoms with van der Waals surface area (Å²) >= 11 is 0. The van der Waals surface area contributed by atoms with Crippen molar-refractivity contribution in [3.8, 4) is 11.5 Å². The van der Waals surface area contributed by atoms with Crippen LogP contribution in [0.4, 0.5) is 0 Å². The zero-order valence-electron chi connectivity index (χ0n) is 13.1. The van der Waals surface area contributed by atoms with Gasteiger partial charge in [0.05, 0.1) is 20.6 Å². The standard InChI is InChI=1S/C16H25NO4/c1-17(9-5-4-6-10-18)16(19)12-13-7-8-14(20-2)15(11-13)21-3/h7-8,11,18H,4-6,9-10,12H2,1-3H3. The van der Waals surface area contributed by atoms with E-state index in [4.69, 9.17) is 14.6 Å². The average Bonchev–Trinajstić information content (AvgIpc) is 2.51. The summed E-state index contributed by atoms with van der Waals surface area (Å²) < 4.78 is 10.4. The van der Waals surface area contributed by atoms with Crippen LogP contribution in [0, 0.1) is 0 Å². The molecule has 5 nitrogen and oxygen atoms in total. The second-order valence-corrected chi connectivity index (χ2v) is 4.97. The Balaban J connectivity index is 2.53. The summed E-state index contributed by atoms with van der Waals surface area (Å²) in [5.74, 6) is 1.37. The third-order valence-electron chi connectivity index (χ3n) is 3.38. The number of ether oxygens (including phenoxy) is 2. The summed E-state index contributed by atoms with van der Waals surface area (Å²) in [5.41, 5.74) is 0.903. The Kier molecular flexibility index (Phi) is 7.61. The number of aliphatic hydroxyl groups is 1. The molecule has 0 saturated heterocycles. The number of aliphatic hydroxyl groups excluding tert-OH is 1. The molecule has 0 fully saturated rings. The van der Waals surface area contributed by atoms with E-state index >= 15 is 0 Å². The first-order chi connectivity index (χ1) is 10.1. The highest BCUT2D eigenvalue weighted by Gasteiger charge is 2.11. The van der Waals surface area contributed by atoms with Crippen molar-refractivity contribution in [1.82, 2.24) is 4.90 Å². The monoisotopic (exact) mass is 295 g/mol. The van der Waals surface area contributed by atoms with Crippen molar-refractivity contribution in [2.24, 2.45) is 0 Å². The predicted octanol–water partition coefficient (Wildman–Crippen LogP) is 1.87. The number of carbonyl (C=O) groups excluding carboxylic acids is 1. The number of likely N-dealkylation sites (N-methyl/N-ethyl adjacent to an activating group) is 1. The van der Waals surface area contributed by atoms with Gasteiger partial charge in [-0.1, -0.05) is 6.07 Å². The molecule has 1 rings (SSSR count). The van der Waals surface area contributed by atoms with Crippen LogP contribution in [-0.4, -0.2) is 50.3 Å². The Morgan fingerprint density at radius 1 is 1.14 bits per heavy atom. The molecule has 1 amide bonds. The molecular weight excluding hydrogens is 270 g/mol. The molecular formula is C16H25NO4. The van der Waals surface area contributed by atoms with E-state index in [1.807, 2.05) is 25.2 Å². The van der Waals surface area contributed by atoms with E-state index < -0.39 is 0 Å². The van der Waals surface area contributed by atoms with Gasteiger partial charge >= 0.3 is 0 Å². The molecule has 21 heavy (non-hydrogen) atoms. The molecule has 1 N–H and O–H groups in total. The highest BCUT2D eigenvalue weighted by Crippen LogP contribution is 2.27. The van der Waals surface area contributed by atoms with Gasteiger partial charge < -0.3 is 19.5 Å². The van der Waals surface area contributed by atoms with Crippen molar-refractivity contribution in [1.29, 1.82) is 0 Å². The Labute approximate surface area is 126 Å². The van der Waals surface area contributed by atoms with Crippen LogP contribution in [0.3, 0.4) is 0 Å². The lowest BCUT2D eigenvalue weighted by molar-refractivity contribution is -0.129. The lowest BCUT2D eigenvalue weighted by Crippen LogP contribution is -2.29. The van der Waals surface area contributed by atoms with E-state index in [1.54, 1.807) is 19.1 Å². The largest absolute Gasteiger partial charge is 0.493 e. The fraction of sp³-hybridized carbons (Fsp3) is 0.562. The molecule has 0 heterocycles. The van der Waals surface area contributed by atoms with Crippen LogP contribution in [0.5, 0.6) is 11.5 Å². The number of hydrogen-bond acceptors (Lipinski definition) is 4. The van der Waals surface area contributed by atoms with Crippen molar-refractivity contribution >= 4 is 5.91 Å². The molecule has 0 aromatic heterocycles. The van der Waals surface area contributed by atoms with Gasteiger partial charge in [0, 0.05) is 20.2 Å². The van der Waals surface area contributed by atoms with E-state index in [9.17, 15) is 4.79 Å². The number of benzene rings is 1. The molecule has 0 aliphatic heterocycles. The van der Waals surface area contributed by atoms with E-state index in [0.29, 0.717) is 24.5 Å². The van der Waals surface area contributed by atoms with Crippen LogP contribution in [0.15, 0.2) is 18.2 Å². The number of carbonyl (C=O) groups is 1. The SMILES string of the molecule is COc1ccc(CC(=O)N(C)CCCCCO)cc1OC. The first-order valence-corrected chi connectivity index (χ1v) is 7.18. The van der Waals surface area contributed by atoms with Crippen LogP contribution >= 0.6 is 0 Å². The molecule has 0 atom stereocenters. The first-order valence-electron chi connectivity index (χ1n) is 7.18. The van der Waals surface area contributed by atoms with Crippen LogP contribution in [-0.2, 0) is 11.2 Å². The Morgan fingerprint density at radius 2 is 1.86 bits per heavy atom. The van der Waals surface area contributed by atoms with Crippen molar-refractivity contribution in [2.75, 3.05) is 34.4 Å². The number of rotatable bonds is 9. The van der Waals surface area contributed by atoms with Gasteiger partial charge in [-0.05, 0) is 37.0 Å². The van der Waals surface area contributed by atoms with Gasteiger partial charge in [-0.25, -0.2) is 0 Å². The number of methoxy groups -OCH3 is 2. The van der Waals surface area contributed by atoms with Gasteiger partial charge in [0.15, 0.2) is 11.5 Å². The second kappa shape index (κ2) is 9.23. The predicted molar refractivity (Wildman–Crippen MR) is 81.8 cm³/mol. The zero-order valence-corrected chi connectivity index (χ0v) is 13.1. The normalized spacial score (nSPS) is 10.3. The molecule has 0 spiro atoms. The summed E-state index contributed by atoms with van der Waals surface area (Å²) in [6.07, 6.45) is 2.98. The zero-order chi connectivity index (χ0) is 15.7. The first kappa shape index (κ1) is 17.3. The number of unbranched alkanes of at least 4 members (excludes halogenated alkanes) is 2. The minimum Gasteiger partial charge on any atom is -0.493 e. The van der Waals surface area contributed by atoms with E-state index in [1.165, 1.54) is 0 Å². The van der Waals surface area contributed by atoms with Gasteiger partial charge in [-0.15, -0.1) is 0 Å². The quantitative estimate of drug-likeness (QED) is 0.707. The van der Waals surface area contributed by atoms with Crippen molar-refractivity contribution in [2.45, 2.75) is 25.7 Å². The van der Waals surface area contributed by atoms with Gasteiger partial charge in [0.1, 0.15) is 0 Å². The molecule has 0 saturated carbocycles. The Morgan fingerprint density at radius 3 is 2.48 bits per heavy atom. The number of amides is 1. The maximum Gasteiger partial charge on any atom is 0.226 e. The van der Waals surface area contributed by atoms with Crippen molar-refractivity contribution in [3.63, 3.8) is 0 Å². The third kappa shape index (κ3) is 5.63. The smallest absolute Gasteiger partial charge is 0.226 e. The molecule has 1 aromatic rings. The molecule has 0 aliphatic rings. The van der Waals surface area contributed by atoms with Crippen LogP contribution < -0.4 is 9.47 Å². The summed E-state index contributed by atoms with van der Waals surface area (Å²) in [7, 11) is 4.97. The van der Waals surface area contributed by atoms with Gasteiger partial charge in [0.2, 0.25) is 5.91 Å². The minimum absolute atomic E-state index is 0.0752. The molecule has 0 unspecified atom stereocenters. The highest BCUT2D eigenvalue weighted by molar-refractivity contribution is 5.78. The molecule has 0 aliphatic carbocycles. The molecule has 1 aromatic carbocycles. The second-order valence-electron chi connectivity index (χ2n) is 4.97. The fourth-order valence-corrected chi connectivity index (χ4v) is 2.06. The maximum absolute atomic E-state index is 12.1. The number of nitrogens with zero attached hydrogens (tertiary/aromatic N) is 1. The Bertz CT molecular complexity index is 448. The van der Waals surface area contributed by atoms with Crippen molar-refractivity contribution < 1.29 is 19.4 Å². The minimum atomic E-state index is 0.0752. The van der Waals surface area contributed by atoms with Crippen LogP contribution in [0.2, 0.25) is 0 Å². The summed E-state index contributed by atoms with van der Waals surface area (Å²) in [6, 6.07) is 5.51. The summed E-state index contributed by atoms with van der Waals surface area (Å²) in [6.45, 7) is 0.926. The summed E-state index contributed by atoms with van der Waals surface area (Å²) in [4.78, 5) is 13.9. The molecule has 5 heteroatoms. The Hall–Kier alpha value is -1.75. The van der Waals surface area contributed by atoms with E-state index in [-0.39, 0.29) is 12.5 Å². The molecule has 0 radical (unpaired) electrons. The summed E-state index contributed by atoms with van der Waals surface area (Å²) in [5, 5.41) is 8.72. The highest BCUT2D eigenvalue weighted by atomic mass is 16.5. The lowest BCUT2D eigenvalue weighted by Gasteiger charge is -2.17.